The topological polar surface area (TPSA) is 54.4 Å². The second-order valence-electron chi connectivity index (χ2n) is 6.47. The van der Waals surface area contributed by atoms with Crippen LogP contribution in [0.4, 0.5) is 11.9 Å². The number of nitrogens with zero attached hydrogens (tertiary/aromatic N) is 5. The summed E-state index contributed by atoms with van der Waals surface area (Å²) in [4.78, 5) is 17.5. The summed E-state index contributed by atoms with van der Waals surface area (Å²) in [5, 5.41) is 0.263. The molecule has 3 heterocycles. The van der Waals surface area contributed by atoms with Crippen molar-refractivity contribution in [3.63, 3.8) is 0 Å². The molecule has 0 aromatic carbocycles. The van der Waals surface area contributed by atoms with E-state index < -0.39 is 0 Å². The lowest BCUT2D eigenvalue weighted by Gasteiger charge is -2.41. The quantitative estimate of drug-likeness (QED) is 0.834. The second-order valence-corrected chi connectivity index (χ2v) is 6.81. The van der Waals surface area contributed by atoms with Gasteiger partial charge in [-0.25, -0.2) is 0 Å². The van der Waals surface area contributed by atoms with Gasteiger partial charge in [0.15, 0.2) is 0 Å². The molecule has 1 atom stereocenters. The lowest BCUT2D eigenvalue weighted by Crippen LogP contribution is -2.52. The fourth-order valence-corrected chi connectivity index (χ4v) is 3.29. The van der Waals surface area contributed by atoms with Crippen molar-refractivity contribution in [2.75, 3.05) is 36.0 Å². The smallest absolute Gasteiger partial charge is 0.231 e. The number of hydrogen-bond acceptors (Lipinski definition) is 6. The summed E-state index contributed by atoms with van der Waals surface area (Å²) >= 11 is 6.11. The van der Waals surface area contributed by atoms with Crippen molar-refractivity contribution < 1.29 is 4.74 Å². The van der Waals surface area contributed by atoms with Gasteiger partial charge in [-0.15, -0.1) is 0 Å². The van der Waals surface area contributed by atoms with E-state index in [1.165, 1.54) is 12.8 Å². The van der Waals surface area contributed by atoms with Gasteiger partial charge in [-0.2, -0.15) is 15.0 Å². The molecule has 7 heteroatoms. The zero-order chi connectivity index (χ0) is 15.0. The van der Waals surface area contributed by atoms with E-state index in [0.717, 1.165) is 26.2 Å². The first kappa shape index (κ1) is 14.8. The Balaban J connectivity index is 1.87. The lowest BCUT2D eigenvalue weighted by molar-refractivity contribution is -0.0753. The van der Waals surface area contributed by atoms with Crippen LogP contribution in [0.1, 0.15) is 33.6 Å². The van der Waals surface area contributed by atoms with Crippen LogP contribution in [0.15, 0.2) is 0 Å². The molecule has 1 unspecified atom stereocenters. The van der Waals surface area contributed by atoms with Gasteiger partial charge in [0.05, 0.1) is 11.7 Å². The molecule has 0 N–H and O–H groups in total. The molecule has 0 saturated carbocycles. The molecule has 1 aromatic rings. The molecular weight excluding hydrogens is 290 g/mol. The summed E-state index contributed by atoms with van der Waals surface area (Å²) < 4.78 is 5.93. The monoisotopic (exact) mass is 311 g/mol. The first-order valence-corrected chi connectivity index (χ1v) is 7.90. The highest BCUT2D eigenvalue weighted by Crippen LogP contribution is 2.26. The molecule has 2 fully saturated rings. The predicted molar refractivity (Wildman–Crippen MR) is 83.1 cm³/mol. The maximum absolute atomic E-state index is 6.11. The van der Waals surface area contributed by atoms with Crippen LogP contribution >= 0.6 is 11.6 Å². The van der Waals surface area contributed by atoms with Gasteiger partial charge in [-0.3, -0.25) is 0 Å². The highest BCUT2D eigenvalue weighted by molar-refractivity contribution is 6.28. The standard InChI is InChI=1S/C14H22ClN5O/c1-10-8-20(9-14(2,3)21-10)13-17-11(15)16-12(18-13)19-6-4-5-7-19/h10H,4-9H2,1-3H3. The number of hydrogen-bond donors (Lipinski definition) is 0. The number of halogens is 1. The summed E-state index contributed by atoms with van der Waals surface area (Å²) in [6.07, 6.45) is 2.50. The largest absolute Gasteiger partial charge is 0.369 e. The van der Waals surface area contributed by atoms with Crippen LogP contribution in [0.25, 0.3) is 0 Å². The van der Waals surface area contributed by atoms with Crippen molar-refractivity contribution in [3.8, 4) is 0 Å². The normalized spacial score (nSPS) is 25.4. The minimum Gasteiger partial charge on any atom is -0.369 e. The molecule has 0 aliphatic carbocycles. The molecule has 21 heavy (non-hydrogen) atoms. The van der Waals surface area contributed by atoms with Gasteiger partial charge < -0.3 is 14.5 Å². The Kier molecular flexibility index (Phi) is 3.92. The molecule has 2 aliphatic rings. The van der Waals surface area contributed by atoms with Crippen LogP contribution in [0.3, 0.4) is 0 Å². The van der Waals surface area contributed by atoms with E-state index in [2.05, 4.69) is 45.5 Å². The van der Waals surface area contributed by atoms with E-state index in [-0.39, 0.29) is 17.0 Å². The third-order valence-electron chi connectivity index (χ3n) is 3.83. The molecule has 0 amide bonds. The first-order valence-electron chi connectivity index (χ1n) is 7.52. The zero-order valence-electron chi connectivity index (χ0n) is 12.8. The van der Waals surface area contributed by atoms with Gasteiger partial charge in [0.2, 0.25) is 17.2 Å². The Morgan fingerprint density at radius 3 is 2.33 bits per heavy atom. The van der Waals surface area contributed by atoms with E-state index in [1.807, 2.05) is 0 Å². The van der Waals surface area contributed by atoms with Crippen LogP contribution in [-0.2, 0) is 4.74 Å². The number of morpholine rings is 1. The molecule has 2 aliphatic heterocycles. The van der Waals surface area contributed by atoms with Crippen LogP contribution in [0.2, 0.25) is 5.28 Å². The van der Waals surface area contributed by atoms with Gasteiger partial charge >= 0.3 is 0 Å². The number of ether oxygens (including phenoxy) is 1. The van der Waals surface area contributed by atoms with Crippen LogP contribution < -0.4 is 9.80 Å². The van der Waals surface area contributed by atoms with E-state index in [4.69, 9.17) is 16.3 Å². The Hall–Kier alpha value is -1.14. The summed E-state index contributed by atoms with van der Waals surface area (Å²) in [5.74, 6) is 1.35. The maximum Gasteiger partial charge on any atom is 0.231 e. The Labute approximate surface area is 130 Å². The minimum atomic E-state index is -0.218. The summed E-state index contributed by atoms with van der Waals surface area (Å²) in [6.45, 7) is 9.73. The predicted octanol–water partition coefficient (Wildman–Crippen LogP) is 2.13. The minimum absolute atomic E-state index is 0.138. The second kappa shape index (κ2) is 5.57. The SMILES string of the molecule is CC1CN(c2nc(Cl)nc(N3CCCC3)n2)CC(C)(C)O1. The third kappa shape index (κ3) is 3.37. The molecule has 1 aromatic heterocycles. The lowest BCUT2D eigenvalue weighted by atomic mass is 10.1. The van der Waals surface area contributed by atoms with E-state index in [0.29, 0.717) is 11.9 Å². The van der Waals surface area contributed by atoms with Crippen molar-refractivity contribution in [1.29, 1.82) is 0 Å². The fraction of sp³-hybridized carbons (Fsp3) is 0.786. The van der Waals surface area contributed by atoms with Gasteiger partial charge in [0.25, 0.3) is 0 Å². The van der Waals surface area contributed by atoms with Gasteiger partial charge in [-0.1, -0.05) is 0 Å². The molecular formula is C14H22ClN5O. The first-order chi connectivity index (χ1) is 9.93. The van der Waals surface area contributed by atoms with Crippen molar-refractivity contribution in [2.24, 2.45) is 0 Å². The Morgan fingerprint density at radius 1 is 1.10 bits per heavy atom. The molecule has 6 nitrogen and oxygen atoms in total. The van der Waals surface area contributed by atoms with E-state index >= 15 is 0 Å². The Bertz CT molecular complexity index is 518. The third-order valence-corrected chi connectivity index (χ3v) is 3.99. The summed E-state index contributed by atoms with van der Waals surface area (Å²) in [7, 11) is 0. The number of anilines is 2. The number of rotatable bonds is 2. The maximum atomic E-state index is 6.11. The molecule has 0 bridgehead atoms. The van der Waals surface area contributed by atoms with Crippen LogP contribution in [0, 0.1) is 0 Å². The zero-order valence-corrected chi connectivity index (χ0v) is 13.6. The average molecular weight is 312 g/mol. The summed E-state index contributed by atoms with van der Waals surface area (Å²) in [6, 6.07) is 0. The average Bonchev–Trinajstić information content (AvgIpc) is 2.89. The summed E-state index contributed by atoms with van der Waals surface area (Å²) in [5.41, 5.74) is -0.218. The fourth-order valence-electron chi connectivity index (χ4n) is 3.14. The van der Waals surface area contributed by atoms with Crippen molar-refractivity contribution in [3.05, 3.63) is 5.28 Å². The van der Waals surface area contributed by atoms with Crippen molar-refractivity contribution in [1.82, 2.24) is 15.0 Å². The van der Waals surface area contributed by atoms with Gasteiger partial charge in [0, 0.05) is 26.2 Å². The molecule has 0 radical (unpaired) electrons. The molecule has 2 saturated heterocycles. The van der Waals surface area contributed by atoms with Crippen molar-refractivity contribution in [2.45, 2.75) is 45.3 Å². The molecule has 3 rings (SSSR count). The highest BCUT2D eigenvalue weighted by atomic mass is 35.5. The molecule has 0 spiro atoms. The van der Waals surface area contributed by atoms with Crippen LogP contribution in [0.5, 0.6) is 0 Å². The van der Waals surface area contributed by atoms with Crippen LogP contribution in [-0.4, -0.2) is 52.8 Å². The molecule has 116 valence electrons. The van der Waals surface area contributed by atoms with Gasteiger partial charge in [-0.05, 0) is 45.2 Å². The van der Waals surface area contributed by atoms with E-state index in [9.17, 15) is 0 Å². The van der Waals surface area contributed by atoms with Gasteiger partial charge in [0.1, 0.15) is 0 Å². The Morgan fingerprint density at radius 2 is 1.71 bits per heavy atom. The highest BCUT2D eigenvalue weighted by Gasteiger charge is 2.33. The van der Waals surface area contributed by atoms with Crippen molar-refractivity contribution >= 4 is 23.5 Å². The number of aromatic nitrogens is 3. The van der Waals surface area contributed by atoms with E-state index in [1.54, 1.807) is 0 Å².